The molecule has 4 nitrogen and oxygen atoms in total. The third-order valence-electron chi connectivity index (χ3n) is 3.54. The van der Waals surface area contributed by atoms with Crippen LogP contribution in [0.2, 0.25) is 0 Å². The number of ether oxygens (including phenoxy) is 1. The van der Waals surface area contributed by atoms with Gasteiger partial charge in [-0.2, -0.15) is 11.8 Å². The van der Waals surface area contributed by atoms with Gasteiger partial charge in [0.2, 0.25) is 0 Å². The minimum Gasteiger partial charge on any atom is -0.374 e. The molecule has 2 fully saturated rings. The number of hydrogen-bond donors (Lipinski definition) is 0. The molecule has 0 radical (unpaired) electrons. The monoisotopic (exact) mass is 270 g/mol. The molecule has 1 aromatic rings. The number of carbonyl (C=O) groups excluding carboxylic acids is 1. The summed E-state index contributed by atoms with van der Waals surface area (Å²) in [6.45, 7) is 0.703. The minimum atomic E-state index is -0.0350. The fourth-order valence-corrected chi connectivity index (χ4v) is 4.42. The first-order valence-corrected chi connectivity index (χ1v) is 7.81. The summed E-state index contributed by atoms with van der Waals surface area (Å²) in [5, 5.41) is 5.62. The summed E-state index contributed by atoms with van der Waals surface area (Å²) in [6, 6.07) is 0. The molecular formula is C11H14N2O2S2. The number of ketones is 1. The van der Waals surface area contributed by atoms with Crippen LogP contribution in [0.5, 0.6) is 0 Å². The van der Waals surface area contributed by atoms with E-state index in [0.717, 1.165) is 30.8 Å². The summed E-state index contributed by atoms with van der Waals surface area (Å²) in [4.78, 5) is 12.2. The van der Waals surface area contributed by atoms with Crippen LogP contribution in [0.3, 0.4) is 0 Å². The Hall–Kier alpha value is -0.460. The predicted molar refractivity (Wildman–Crippen MR) is 67.6 cm³/mol. The van der Waals surface area contributed by atoms with Gasteiger partial charge in [-0.1, -0.05) is 4.49 Å². The van der Waals surface area contributed by atoms with Gasteiger partial charge in [-0.25, -0.2) is 0 Å². The number of aromatic nitrogens is 2. The lowest BCUT2D eigenvalue weighted by Gasteiger charge is -2.36. The number of Topliss-reactive ketones (excluding diaryl/α,β-unsaturated/α-hetero) is 1. The maximum atomic E-state index is 12.2. The average Bonchev–Trinajstić information content (AvgIpc) is 3.00. The van der Waals surface area contributed by atoms with E-state index in [-0.39, 0.29) is 17.3 Å². The first-order valence-electron chi connectivity index (χ1n) is 5.82. The molecule has 0 aliphatic carbocycles. The van der Waals surface area contributed by atoms with Gasteiger partial charge in [0.15, 0.2) is 5.78 Å². The molecule has 2 atom stereocenters. The van der Waals surface area contributed by atoms with Crippen molar-refractivity contribution in [3.8, 4) is 0 Å². The van der Waals surface area contributed by atoms with Crippen molar-refractivity contribution in [2.24, 2.45) is 5.92 Å². The molecule has 3 rings (SSSR count). The molecule has 1 aromatic heterocycles. The van der Waals surface area contributed by atoms with Crippen molar-refractivity contribution in [1.82, 2.24) is 9.59 Å². The Morgan fingerprint density at radius 2 is 2.53 bits per heavy atom. The quantitative estimate of drug-likeness (QED) is 0.770. The van der Waals surface area contributed by atoms with Crippen molar-refractivity contribution in [2.45, 2.75) is 24.9 Å². The zero-order valence-corrected chi connectivity index (χ0v) is 11.1. The molecule has 2 aliphatic heterocycles. The van der Waals surface area contributed by atoms with Gasteiger partial charge in [0.25, 0.3) is 0 Å². The molecule has 0 aromatic carbocycles. The van der Waals surface area contributed by atoms with Crippen LogP contribution < -0.4 is 0 Å². The second kappa shape index (κ2) is 4.66. The number of hydrogen-bond acceptors (Lipinski definition) is 6. The highest BCUT2D eigenvalue weighted by molar-refractivity contribution is 7.99. The van der Waals surface area contributed by atoms with Gasteiger partial charge in [0.05, 0.1) is 5.60 Å². The summed E-state index contributed by atoms with van der Waals surface area (Å²) in [6.07, 6.45) is 2.76. The zero-order chi connectivity index (χ0) is 11.7. The predicted octanol–water partition coefficient (Wildman–Crippen LogP) is 2.02. The van der Waals surface area contributed by atoms with E-state index in [1.165, 1.54) is 11.5 Å². The van der Waals surface area contributed by atoms with Crippen molar-refractivity contribution in [3.63, 3.8) is 0 Å². The fraction of sp³-hybridized carbons (Fsp3) is 0.727. The van der Waals surface area contributed by atoms with Gasteiger partial charge < -0.3 is 4.74 Å². The normalized spacial score (nSPS) is 33.1. The van der Waals surface area contributed by atoms with Gasteiger partial charge in [0.1, 0.15) is 5.69 Å². The van der Waals surface area contributed by atoms with E-state index in [2.05, 4.69) is 9.59 Å². The standard InChI is InChI=1S/C11H14N2O2S2/c14-10(9-6-17-13-12-9)8-1-3-15-11(5-8)2-4-16-7-11/h6,8H,1-5,7H2. The summed E-state index contributed by atoms with van der Waals surface area (Å²) < 4.78 is 9.68. The first-order chi connectivity index (χ1) is 8.29. The Morgan fingerprint density at radius 1 is 1.59 bits per heavy atom. The van der Waals surface area contributed by atoms with E-state index >= 15 is 0 Å². The van der Waals surface area contributed by atoms with Crippen LogP contribution in [-0.4, -0.2) is 39.1 Å². The van der Waals surface area contributed by atoms with E-state index in [9.17, 15) is 4.79 Å². The van der Waals surface area contributed by atoms with Crippen molar-refractivity contribution >= 4 is 29.1 Å². The Labute approximate surface area is 108 Å². The minimum absolute atomic E-state index is 0.0350. The highest BCUT2D eigenvalue weighted by Crippen LogP contribution is 2.41. The molecule has 6 heteroatoms. The van der Waals surface area contributed by atoms with E-state index in [1.54, 1.807) is 5.38 Å². The third kappa shape index (κ3) is 2.26. The first kappa shape index (κ1) is 11.6. The lowest BCUT2D eigenvalue weighted by atomic mass is 9.82. The Morgan fingerprint density at radius 3 is 3.24 bits per heavy atom. The van der Waals surface area contributed by atoms with Crippen molar-refractivity contribution in [1.29, 1.82) is 0 Å². The molecule has 2 saturated heterocycles. The maximum Gasteiger partial charge on any atom is 0.187 e. The fourth-order valence-electron chi connectivity index (χ4n) is 2.60. The summed E-state index contributed by atoms with van der Waals surface area (Å²) in [5.41, 5.74) is 0.495. The Kier molecular flexibility index (Phi) is 3.19. The van der Waals surface area contributed by atoms with Crippen LogP contribution >= 0.6 is 23.3 Å². The van der Waals surface area contributed by atoms with Crippen LogP contribution in [0.1, 0.15) is 29.8 Å². The van der Waals surface area contributed by atoms with Crippen LogP contribution in [0.15, 0.2) is 5.38 Å². The SMILES string of the molecule is O=C(c1csnn1)C1CCOC2(CCSC2)C1. The molecule has 0 N–H and O–H groups in total. The molecule has 0 amide bonds. The molecular weight excluding hydrogens is 256 g/mol. The lowest BCUT2D eigenvalue weighted by molar-refractivity contribution is -0.0735. The van der Waals surface area contributed by atoms with Crippen LogP contribution in [-0.2, 0) is 4.74 Å². The van der Waals surface area contributed by atoms with E-state index in [1.807, 2.05) is 11.8 Å². The molecule has 92 valence electrons. The second-order valence-electron chi connectivity index (χ2n) is 4.68. The highest BCUT2D eigenvalue weighted by Gasteiger charge is 2.42. The van der Waals surface area contributed by atoms with E-state index in [4.69, 9.17) is 4.74 Å². The Bertz CT molecular complexity index is 402. The maximum absolute atomic E-state index is 12.2. The molecule has 2 aliphatic rings. The molecule has 3 heterocycles. The second-order valence-corrected chi connectivity index (χ2v) is 6.39. The molecule has 1 spiro atoms. The molecule has 0 saturated carbocycles. The summed E-state index contributed by atoms with van der Waals surface area (Å²) >= 11 is 3.17. The molecule has 17 heavy (non-hydrogen) atoms. The number of thioether (sulfide) groups is 1. The van der Waals surface area contributed by atoms with Gasteiger partial charge >= 0.3 is 0 Å². The third-order valence-corrected chi connectivity index (χ3v) is 5.27. The van der Waals surface area contributed by atoms with Crippen LogP contribution in [0.25, 0.3) is 0 Å². The lowest BCUT2D eigenvalue weighted by Crippen LogP contribution is -2.42. The molecule has 0 bridgehead atoms. The van der Waals surface area contributed by atoms with E-state index in [0.29, 0.717) is 12.3 Å². The number of carbonyl (C=O) groups is 1. The number of nitrogens with zero attached hydrogens (tertiary/aromatic N) is 2. The zero-order valence-electron chi connectivity index (χ0n) is 9.42. The highest BCUT2D eigenvalue weighted by atomic mass is 32.2. The van der Waals surface area contributed by atoms with Crippen molar-refractivity contribution in [2.75, 3.05) is 18.1 Å². The summed E-state index contributed by atoms with van der Waals surface area (Å²) in [7, 11) is 0. The van der Waals surface area contributed by atoms with Crippen LogP contribution in [0.4, 0.5) is 0 Å². The smallest absolute Gasteiger partial charge is 0.187 e. The molecule has 2 unspecified atom stereocenters. The van der Waals surface area contributed by atoms with Gasteiger partial charge in [-0.05, 0) is 36.5 Å². The topological polar surface area (TPSA) is 52.1 Å². The largest absolute Gasteiger partial charge is 0.374 e. The van der Waals surface area contributed by atoms with Crippen molar-refractivity contribution in [3.05, 3.63) is 11.1 Å². The average molecular weight is 270 g/mol. The summed E-state index contributed by atoms with van der Waals surface area (Å²) in [5.74, 6) is 2.41. The van der Waals surface area contributed by atoms with E-state index < -0.39 is 0 Å². The van der Waals surface area contributed by atoms with Crippen molar-refractivity contribution < 1.29 is 9.53 Å². The van der Waals surface area contributed by atoms with Gasteiger partial charge in [-0.3, -0.25) is 4.79 Å². The Balaban J connectivity index is 1.73. The van der Waals surface area contributed by atoms with Gasteiger partial charge in [-0.15, -0.1) is 5.10 Å². The van der Waals surface area contributed by atoms with Gasteiger partial charge in [0, 0.05) is 23.7 Å². The van der Waals surface area contributed by atoms with Crippen LogP contribution in [0, 0.1) is 5.92 Å². The number of rotatable bonds is 2.